The maximum atomic E-state index is 11.4. The smallest absolute Gasteiger partial charge is 0.330 e. The quantitative estimate of drug-likeness (QED) is 0.623. The van der Waals surface area contributed by atoms with Crippen LogP contribution in [0.1, 0.15) is 0 Å². The molecule has 1 heterocycles. The van der Waals surface area contributed by atoms with Gasteiger partial charge in [-0.2, -0.15) is 0 Å². The topological polar surface area (TPSA) is 60.9 Å². The van der Waals surface area contributed by atoms with Crippen LogP contribution in [0.3, 0.4) is 0 Å². The second-order valence-corrected chi connectivity index (χ2v) is 3.19. The highest BCUT2D eigenvalue weighted by molar-refractivity contribution is 6.09. The molecule has 1 aliphatic heterocycles. The van der Waals surface area contributed by atoms with E-state index in [1.54, 1.807) is 30.9 Å². The Labute approximate surface area is 81.9 Å². The van der Waals surface area contributed by atoms with Crippen LogP contribution in [0, 0.1) is 0 Å². The van der Waals surface area contributed by atoms with Crippen LogP contribution in [0.15, 0.2) is 23.7 Å². The molecule has 5 heteroatoms. The van der Waals surface area contributed by atoms with Gasteiger partial charge in [-0.3, -0.25) is 4.79 Å². The second kappa shape index (κ2) is 3.53. The van der Waals surface area contributed by atoms with Crippen molar-refractivity contribution in [1.82, 2.24) is 9.80 Å². The Balaban J connectivity index is 3.00. The fourth-order valence-electron chi connectivity index (χ4n) is 1.29. The van der Waals surface area contributed by atoms with E-state index in [2.05, 4.69) is 0 Å². The number of hydrogen-bond acceptors (Lipinski definition) is 4. The largest absolute Gasteiger partial charge is 0.478 e. The SMILES string of the molecule is CN(C)C1=CC(=O)C(=CC(=O)O)N1C. The van der Waals surface area contributed by atoms with Crippen LogP contribution < -0.4 is 0 Å². The van der Waals surface area contributed by atoms with Crippen molar-refractivity contribution >= 4 is 11.8 Å². The molecule has 0 spiro atoms. The average molecular weight is 196 g/mol. The van der Waals surface area contributed by atoms with Crippen LogP contribution in [0.2, 0.25) is 0 Å². The highest BCUT2D eigenvalue weighted by Crippen LogP contribution is 2.21. The van der Waals surface area contributed by atoms with E-state index in [4.69, 9.17) is 5.11 Å². The lowest BCUT2D eigenvalue weighted by Crippen LogP contribution is -2.24. The third-order valence-corrected chi connectivity index (χ3v) is 1.94. The number of carboxylic acids is 1. The zero-order valence-corrected chi connectivity index (χ0v) is 8.31. The molecule has 1 rings (SSSR count). The summed E-state index contributed by atoms with van der Waals surface area (Å²) < 4.78 is 0. The summed E-state index contributed by atoms with van der Waals surface area (Å²) in [5.41, 5.74) is 0.182. The summed E-state index contributed by atoms with van der Waals surface area (Å²) in [6.07, 6.45) is 2.32. The predicted octanol–water partition coefficient (Wildman–Crippen LogP) is -0.128. The Bertz CT molecular complexity index is 342. The molecule has 1 N–H and O–H groups in total. The van der Waals surface area contributed by atoms with Gasteiger partial charge in [0.05, 0.1) is 11.8 Å². The highest BCUT2D eigenvalue weighted by atomic mass is 16.4. The second-order valence-electron chi connectivity index (χ2n) is 3.19. The minimum absolute atomic E-state index is 0.182. The summed E-state index contributed by atoms with van der Waals surface area (Å²) in [4.78, 5) is 25.1. The van der Waals surface area contributed by atoms with Gasteiger partial charge in [-0.25, -0.2) is 4.79 Å². The van der Waals surface area contributed by atoms with Gasteiger partial charge in [0.25, 0.3) is 0 Å². The molecule has 0 saturated carbocycles. The molecule has 0 aromatic carbocycles. The summed E-state index contributed by atoms with van der Waals surface area (Å²) in [6.45, 7) is 0. The van der Waals surface area contributed by atoms with Crippen LogP contribution in [0.4, 0.5) is 0 Å². The average Bonchev–Trinajstić information content (AvgIpc) is 2.31. The number of allylic oxidation sites excluding steroid dienone is 1. The van der Waals surface area contributed by atoms with E-state index in [0.717, 1.165) is 6.08 Å². The number of likely N-dealkylation sites (N-methyl/N-ethyl adjacent to an activating group) is 1. The zero-order chi connectivity index (χ0) is 10.9. The summed E-state index contributed by atoms with van der Waals surface area (Å²) in [6, 6.07) is 0. The first-order valence-electron chi connectivity index (χ1n) is 4.05. The number of carboxylic acid groups (broad SMARTS) is 1. The van der Waals surface area contributed by atoms with E-state index in [1.807, 2.05) is 0 Å². The normalized spacial score (nSPS) is 18.8. The van der Waals surface area contributed by atoms with Gasteiger partial charge in [-0.15, -0.1) is 0 Å². The molecule has 0 saturated heterocycles. The molecule has 1 aliphatic rings. The number of carbonyl (C=O) groups excluding carboxylic acids is 1. The minimum atomic E-state index is -1.12. The summed E-state index contributed by atoms with van der Waals surface area (Å²) >= 11 is 0. The van der Waals surface area contributed by atoms with Gasteiger partial charge in [-0.1, -0.05) is 0 Å². The van der Waals surface area contributed by atoms with Crippen molar-refractivity contribution < 1.29 is 14.7 Å². The highest BCUT2D eigenvalue weighted by Gasteiger charge is 2.25. The Hall–Kier alpha value is -1.78. The molecule has 14 heavy (non-hydrogen) atoms. The minimum Gasteiger partial charge on any atom is -0.478 e. The van der Waals surface area contributed by atoms with Gasteiger partial charge in [0, 0.05) is 27.2 Å². The third kappa shape index (κ3) is 1.76. The number of rotatable bonds is 2. The molecule has 0 fully saturated rings. The molecule has 0 aromatic rings. The van der Waals surface area contributed by atoms with Crippen molar-refractivity contribution in [1.29, 1.82) is 0 Å². The van der Waals surface area contributed by atoms with Gasteiger partial charge in [-0.05, 0) is 0 Å². The number of ketones is 1. The summed E-state index contributed by atoms with van der Waals surface area (Å²) in [5.74, 6) is -0.713. The van der Waals surface area contributed by atoms with Crippen LogP contribution in [0.5, 0.6) is 0 Å². The lowest BCUT2D eigenvalue weighted by atomic mass is 10.3. The monoisotopic (exact) mass is 196 g/mol. The van der Waals surface area contributed by atoms with E-state index in [0.29, 0.717) is 5.82 Å². The van der Waals surface area contributed by atoms with Crippen molar-refractivity contribution in [2.24, 2.45) is 0 Å². The van der Waals surface area contributed by atoms with Gasteiger partial charge >= 0.3 is 5.97 Å². The van der Waals surface area contributed by atoms with E-state index in [1.165, 1.54) is 6.08 Å². The number of aliphatic carboxylic acids is 1. The molecule has 76 valence electrons. The molecule has 0 amide bonds. The molecule has 0 bridgehead atoms. The van der Waals surface area contributed by atoms with Crippen molar-refractivity contribution in [3.05, 3.63) is 23.7 Å². The Kier molecular flexibility index (Phi) is 2.60. The Morgan fingerprint density at radius 3 is 2.50 bits per heavy atom. The first-order valence-corrected chi connectivity index (χ1v) is 4.05. The Morgan fingerprint density at radius 2 is 2.14 bits per heavy atom. The fraction of sp³-hybridized carbons (Fsp3) is 0.333. The van der Waals surface area contributed by atoms with E-state index >= 15 is 0 Å². The van der Waals surface area contributed by atoms with E-state index in [-0.39, 0.29) is 11.5 Å². The molecular formula is C9H12N2O3. The van der Waals surface area contributed by atoms with E-state index < -0.39 is 5.97 Å². The van der Waals surface area contributed by atoms with E-state index in [9.17, 15) is 9.59 Å². The number of carbonyl (C=O) groups is 2. The summed E-state index contributed by atoms with van der Waals surface area (Å²) in [7, 11) is 5.24. The van der Waals surface area contributed by atoms with Gasteiger partial charge in [0.15, 0.2) is 0 Å². The molecule has 0 unspecified atom stereocenters. The lowest BCUT2D eigenvalue weighted by molar-refractivity contribution is -0.131. The Morgan fingerprint density at radius 1 is 1.57 bits per heavy atom. The summed E-state index contributed by atoms with van der Waals surface area (Å²) in [5, 5.41) is 8.54. The maximum Gasteiger partial charge on any atom is 0.330 e. The number of hydrogen-bond donors (Lipinski definition) is 1. The van der Waals surface area contributed by atoms with Gasteiger partial charge in [0.2, 0.25) is 5.78 Å². The molecule has 5 nitrogen and oxygen atoms in total. The zero-order valence-electron chi connectivity index (χ0n) is 8.31. The van der Waals surface area contributed by atoms with Gasteiger partial charge < -0.3 is 14.9 Å². The van der Waals surface area contributed by atoms with Crippen molar-refractivity contribution in [3.8, 4) is 0 Å². The molecule has 0 aromatic heterocycles. The van der Waals surface area contributed by atoms with Crippen LogP contribution in [-0.2, 0) is 9.59 Å². The number of nitrogens with zero attached hydrogens (tertiary/aromatic N) is 2. The van der Waals surface area contributed by atoms with Gasteiger partial charge in [0.1, 0.15) is 5.82 Å². The lowest BCUT2D eigenvalue weighted by Gasteiger charge is -2.23. The van der Waals surface area contributed by atoms with Crippen LogP contribution in [-0.4, -0.2) is 47.8 Å². The van der Waals surface area contributed by atoms with Crippen molar-refractivity contribution in [2.45, 2.75) is 0 Å². The van der Waals surface area contributed by atoms with Crippen molar-refractivity contribution in [2.75, 3.05) is 21.1 Å². The molecule has 0 aliphatic carbocycles. The van der Waals surface area contributed by atoms with Crippen LogP contribution in [0.25, 0.3) is 0 Å². The maximum absolute atomic E-state index is 11.4. The molecule has 0 atom stereocenters. The molecule has 0 radical (unpaired) electrons. The first-order chi connectivity index (χ1) is 6.43. The predicted molar refractivity (Wildman–Crippen MR) is 50.3 cm³/mol. The third-order valence-electron chi connectivity index (χ3n) is 1.94. The van der Waals surface area contributed by atoms with Crippen molar-refractivity contribution in [3.63, 3.8) is 0 Å². The molecular weight excluding hydrogens is 184 g/mol. The van der Waals surface area contributed by atoms with Crippen LogP contribution >= 0.6 is 0 Å². The standard InChI is InChI=1S/C9H12N2O3/c1-10(2)8-5-7(12)6(11(8)3)4-9(13)14/h4-5H,1-3H3,(H,13,14). The first kappa shape index (κ1) is 10.3. The fourth-order valence-corrected chi connectivity index (χ4v) is 1.29.